The fraction of sp³-hybridized carbons (Fsp3) is 0.500. The molecule has 1 fully saturated rings. The van der Waals surface area contributed by atoms with Crippen molar-refractivity contribution in [1.29, 1.82) is 0 Å². The lowest BCUT2D eigenvalue weighted by atomic mass is 9.89. The van der Waals surface area contributed by atoms with Crippen molar-refractivity contribution in [3.63, 3.8) is 0 Å². The highest BCUT2D eigenvalue weighted by atomic mass is 35.5. The maximum absolute atomic E-state index is 11.4. The van der Waals surface area contributed by atoms with Gasteiger partial charge in [-0.3, -0.25) is 4.79 Å². The molecule has 0 saturated carbocycles. The van der Waals surface area contributed by atoms with Gasteiger partial charge >= 0.3 is 0 Å². The highest BCUT2D eigenvalue weighted by Gasteiger charge is 2.39. The molecule has 19 heavy (non-hydrogen) atoms. The Kier molecular flexibility index (Phi) is 3.04. The Balaban J connectivity index is 1.97. The minimum Gasteiger partial charge on any atom is -0.385 e. The number of amides is 1. The van der Waals surface area contributed by atoms with E-state index < -0.39 is 11.7 Å². The highest BCUT2D eigenvalue weighted by Crippen LogP contribution is 2.41. The summed E-state index contributed by atoms with van der Waals surface area (Å²) in [5, 5.41) is 13.8. The predicted octanol–water partition coefficient (Wildman–Crippen LogP) is 2.44. The van der Waals surface area contributed by atoms with Crippen molar-refractivity contribution in [2.45, 2.75) is 37.9 Å². The molecule has 1 aromatic rings. The number of aliphatic hydroxyl groups excluding tert-OH is 1. The van der Waals surface area contributed by atoms with Crippen LogP contribution in [0.25, 0.3) is 0 Å². The molecule has 0 aromatic heterocycles. The van der Waals surface area contributed by atoms with Crippen LogP contribution < -0.4 is 5.32 Å². The first-order valence-electron chi connectivity index (χ1n) is 6.44. The molecule has 2 heterocycles. The zero-order chi connectivity index (χ0) is 13.6. The molecule has 0 spiro atoms. The molecule has 2 N–H and O–H groups in total. The number of aliphatic hydroxyl groups is 1. The molecule has 0 bridgehead atoms. The summed E-state index contributed by atoms with van der Waals surface area (Å²) < 4.78 is 5.66. The number of benzene rings is 1. The van der Waals surface area contributed by atoms with Gasteiger partial charge in [-0.05, 0) is 37.5 Å². The van der Waals surface area contributed by atoms with Crippen molar-refractivity contribution in [1.82, 2.24) is 0 Å². The van der Waals surface area contributed by atoms with E-state index in [2.05, 4.69) is 5.32 Å². The Hall–Kier alpha value is -1.10. The molecular weight excluding hydrogens is 266 g/mol. The normalized spacial score (nSPS) is 27.2. The van der Waals surface area contributed by atoms with E-state index in [0.29, 0.717) is 23.6 Å². The van der Waals surface area contributed by atoms with Crippen molar-refractivity contribution in [3.8, 4) is 0 Å². The quantitative estimate of drug-likeness (QED) is 0.875. The lowest BCUT2D eigenvalue weighted by Gasteiger charge is -2.30. The monoisotopic (exact) mass is 281 g/mol. The Morgan fingerprint density at radius 1 is 1.53 bits per heavy atom. The van der Waals surface area contributed by atoms with Crippen LogP contribution in [-0.4, -0.2) is 23.2 Å². The van der Waals surface area contributed by atoms with Crippen molar-refractivity contribution in [2.24, 2.45) is 0 Å². The molecule has 1 amide bonds. The van der Waals surface area contributed by atoms with Crippen molar-refractivity contribution in [2.75, 3.05) is 11.9 Å². The van der Waals surface area contributed by atoms with E-state index in [1.165, 1.54) is 0 Å². The van der Waals surface area contributed by atoms with Crippen molar-refractivity contribution in [3.05, 3.63) is 28.3 Å². The van der Waals surface area contributed by atoms with E-state index in [4.69, 9.17) is 16.3 Å². The van der Waals surface area contributed by atoms with Gasteiger partial charge in [0, 0.05) is 22.9 Å². The van der Waals surface area contributed by atoms with Gasteiger partial charge in [0.05, 0.1) is 12.0 Å². The summed E-state index contributed by atoms with van der Waals surface area (Å²) in [5.74, 6) is -0.0407. The number of halogens is 1. The molecular formula is C14H16ClNO3. The number of fused-ring (bicyclic) bond motifs is 1. The third kappa shape index (κ3) is 2.14. The van der Waals surface area contributed by atoms with Gasteiger partial charge in [0.15, 0.2) is 0 Å². The number of carbonyl (C=O) groups excluding carboxylic acids is 1. The van der Waals surface area contributed by atoms with Gasteiger partial charge in [0.25, 0.3) is 0 Å². The fourth-order valence-electron chi connectivity index (χ4n) is 2.82. The fourth-order valence-corrected chi connectivity index (χ4v) is 3.09. The molecule has 1 aromatic carbocycles. The zero-order valence-electron chi connectivity index (χ0n) is 10.7. The molecule has 0 aliphatic carbocycles. The molecule has 2 aliphatic rings. The minimum absolute atomic E-state index is 0.0407. The molecule has 1 saturated heterocycles. The van der Waals surface area contributed by atoms with Crippen LogP contribution in [0.1, 0.15) is 37.0 Å². The topological polar surface area (TPSA) is 58.6 Å². The van der Waals surface area contributed by atoms with Crippen LogP contribution in [0.4, 0.5) is 5.69 Å². The van der Waals surface area contributed by atoms with E-state index in [1.54, 1.807) is 6.07 Å². The second-order valence-corrected chi connectivity index (χ2v) is 5.83. The smallest absolute Gasteiger partial charge is 0.228 e. The molecule has 2 atom stereocenters. The lowest BCUT2D eigenvalue weighted by molar-refractivity contribution is -0.115. The maximum atomic E-state index is 11.4. The van der Waals surface area contributed by atoms with E-state index in [-0.39, 0.29) is 5.91 Å². The molecule has 2 unspecified atom stereocenters. The first kappa shape index (κ1) is 12.9. The summed E-state index contributed by atoms with van der Waals surface area (Å²) in [6.45, 7) is 2.56. The second-order valence-electron chi connectivity index (χ2n) is 5.42. The van der Waals surface area contributed by atoms with E-state index in [0.717, 1.165) is 24.1 Å². The minimum atomic E-state index is -0.775. The van der Waals surface area contributed by atoms with E-state index in [1.807, 2.05) is 13.0 Å². The summed E-state index contributed by atoms with van der Waals surface area (Å²) in [6, 6.07) is 3.52. The average Bonchev–Trinajstić information content (AvgIpc) is 2.93. The number of anilines is 1. The molecule has 5 heteroatoms. The van der Waals surface area contributed by atoms with E-state index >= 15 is 0 Å². The van der Waals surface area contributed by atoms with Crippen LogP contribution in [0, 0.1) is 0 Å². The second kappa shape index (κ2) is 4.47. The SMILES string of the molecule is CC1(C(O)c2cc3c(cc2Cl)NC(=O)C3)CCCO1. The third-order valence-corrected chi connectivity index (χ3v) is 4.30. The molecule has 3 rings (SSSR count). The third-order valence-electron chi connectivity index (χ3n) is 3.97. The van der Waals surface area contributed by atoms with Crippen LogP contribution in [0.5, 0.6) is 0 Å². The molecule has 102 valence electrons. The van der Waals surface area contributed by atoms with Crippen LogP contribution in [0.3, 0.4) is 0 Å². The molecule has 2 aliphatic heterocycles. The number of hydrogen-bond donors (Lipinski definition) is 2. The number of hydrogen-bond acceptors (Lipinski definition) is 3. The van der Waals surface area contributed by atoms with Gasteiger partial charge in [0.2, 0.25) is 5.91 Å². The first-order valence-corrected chi connectivity index (χ1v) is 6.81. The average molecular weight is 282 g/mol. The number of rotatable bonds is 2. The van der Waals surface area contributed by atoms with Crippen molar-refractivity contribution >= 4 is 23.2 Å². The van der Waals surface area contributed by atoms with Gasteiger partial charge in [-0.1, -0.05) is 11.6 Å². The number of carbonyl (C=O) groups is 1. The Morgan fingerprint density at radius 3 is 3.00 bits per heavy atom. The Bertz CT molecular complexity index is 538. The lowest BCUT2D eigenvalue weighted by Crippen LogP contribution is -2.32. The summed E-state index contributed by atoms with van der Waals surface area (Å²) >= 11 is 6.22. The number of ether oxygens (including phenoxy) is 1. The molecule has 4 nitrogen and oxygen atoms in total. The first-order chi connectivity index (χ1) is 8.99. The van der Waals surface area contributed by atoms with E-state index in [9.17, 15) is 9.90 Å². The summed E-state index contributed by atoms with van der Waals surface area (Å²) in [6.07, 6.45) is 1.31. The van der Waals surface area contributed by atoms with Gasteiger partial charge < -0.3 is 15.2 Å². The zero-order valence-corrected chi connectivity index (χ0v) is 11.5. The predicted molar refractivity (Wildman–Crippen MR) is 72.3 cm³/mol. The van der Waals surface area contributed by atoms with Gasteiger partial charge in [-0.25, -0.2) is 0 Å². The largest absolute Gasteiger partial charge is 0.385 e. The van der Waals surface area contributed by atoms with Gasteiger partial charge in [0.1, 0.15) is 6.10 Å². The maximum Gasteiger partial charge on any atom is 0.228 e. The Labute approximate surface area is 116 Å². The summed E-state index contributed by atoms with van der Waals surface area (Å²) in [4.78, 5) is 11.4. The standard InChI is InChI=1S/C14H16ClNO3/c1-14(3-2-4-19-14)13(18)9-5-8-6-12(17)16-11(8)7-10(9)15/h5,7,13,18H,2-4,6H2,1H3,(H,16,17). The van der Waals surface area contributed by atoms with Crippen LogP contribution >= 0.6 is 11.6 Å². The molecule has 0 radical (unpaired) electrons. The summed E-state index contributed by atoms with van der Waals surface area (Å²) in [7, 11) is 0. The van der Waals surface area contributed by atoms with Crippen LogP contribution in [0.2, 0.25) is 5.02 Å². The van der Waals surface area contributed by atoms with Crippen molar-refractivity contribution < 1.29 is 14.6 Å². The van der Waals surface area contributed by atoms with Gasteiger partial charge in [-0.2, -0.15) is 0 Å². The Morgan fingerprint density at radius 2 is 2.32 bits per heavy atom. The van der Waals surface area contributed by atoms with Crippen LogP contribution in [-0.2, 0) is 16.0 Å². The van der Waals surface area contributed by atoms with Crippen LogP contribution in [0.15, 0.2) is 12.1 Å². The summed E-state index contributed by atoms with van der Waals surface area (Å²) in [5.41, 5.74) is 1.67. The van der Waals surface area contributed by atoms with Gasteiger partial charge in [-0.15, -0.1) is 0 Å². The number of nitrogens with one attached hydrogen (secondary N) is 1. The highest BCUT2D eigenvalue weighted by molar-refractivity contribution is 6.32.